The Bertz CT molecular complexity index is 1080. The van der Waals surface area contributed by atoms with Crippen LogP contribution in [0.15, 0.2) is 30.3 Å². The Balaban J connectivity index is 1.68. The lowest BCUT2D eigenvalue weighted by Gasteiger charge is -2.34. The van der Waals surface area contributed by atoms with Crippen molar-refractivity contribution in [3.05, 3.63) is 35.9 Å². The Hall–Kier alpha value is -2.49. The van der Waals surface area contributed by atoms with E-state index < -0.39 is 30.2 Å². The first kappa shape index (κ1) is 39.0. The first-order chi connectivity index (χ1) is 22.5. The summed E-state index contributed by atoms with van der Waals surface area (Å²) < 4.78 is 0. The molecule has 6 atom stereocenters. The SMILES string of the molecule is CC[C@H](NC(=O)[C@@H](CC(=O)N(C)CCC1CCCCN1C)Cc1ccccc1)C(=O)NC(CC1CCCCC1)C(O)[C@@H](O)CC(C)C. The van der Waals surface area contributed by atoms with E-state index in [-0.39, 0.29) is 30.1 Å². The molecule has 1 heterocycles. The maximum atomic E-state index is 13.8. The number of hydrogen-bond acceptors (Lipinski definition) is 6. The van der Waals surface area contributed by atoms with E-state index in [1.807, 2.05) is 58.2 Å². The van der Waals surface area contributed by atoms with Gasteiger partial charge in [0.15, 0.2) is 0 Å². The van der Waals surface area contributed by atoms with E-state index in [0.29, 0.717) is 44.2 Å². The van der Waals surface area contributed by atoms with Gasteiger partial charge in [0.05, 0.1) is 18.1 Å². The van der Waals surface area contributed by atoms with Crippen molar-refractivity contribution in [3.8, 4) is 0 Å². The fourth-order valence-corrected chi connectivity index (χ4v) is 7.38. The summed E-state index contributed by atoms with van der Waals surface area (Å²) in [5.41, 5.74) is 0.958. The summed E-state index contributed by atoms with van der Waals surface area (Å²) in [6, 6.07) is 8.72. The molecule has 9 heteroatoms. The third-order valence-electron chi connectivity index (χ3n) is 10.5. The number of rotatable bonds is 18. The Kier molecular flexibility index (Phi) is 16.7. The maximum Gasteiger partial charge on any atom is 0.242 e. The average molecular weight is 657 g/mol. The van der Waals surface area contributed by atoms with E-state index in [1.54, 1.807) is 4.90 Å². The van der Waals surface area contributed by atoms with Crippen molar-refractivity contribution in [2.24, 2.45) is 17.8 Å². The van der Waals surface area contributed by atoms with Gasteiger partial charge >= 0.3 is 0 Å². The zero-order valence-corrected chi connectivity index (χ0v) is 29.8. The van der Waals surface area contributed by atoms with Gasteiger partial charge in [0.1, 0.15) is 12.1 Å². The molecule has 2 aliphatic rings. The number of benzene rings is 1. The molecule has 1 aliphatic heterocycles. The van der Waals surface area contributed by atoms with Crippen molar-refractivity contribution in [2.75, 3.05) is 27.2 Å². The number of piperidine rings is 1. The van der Waals surface area contributed by atoms with Gasteiger partial charge in [-0.15, -0.1) is 0 Å². The van der Waals surface area contributed by atoms with Gasteiger partial charge < -0.3 is 30.6 Å². The van der Waals surface area contributed by atoms with Crippen molar-refractivity contribution in [2.45, 2.75) is 141 Å². The molecule has 1 saturated carbocycles. The van der Waals surface area contributed by atoms with Crippen molar-refractivity contribution in [3.63, 3.8) is 0 Å². The van der Waals surface area contributed by atoms with Crippen LogP contribution in [0, 0.1) is 17.8 Å². The third-order valence-corrected chi connectivity index (χ3v) is 10.5. The summed E-state index contributed by atoms with van der Waals surface area (Å²) in [5.74, 6) is -0.827. The van der Waals surface area contributed by atoms with Crippen molar-refractivity contribution in [1.29, 1.82) is 0 Å². The van der Waals surface area contributed by atoms with Gasteiger partial charge in [0.25, 0.3) is 0 Å². The topological polar surface area (TPSA) is 122 Å². The van der Waals surface area contributed by atoms with Gasteiger partial charge in [-0.2, -0.15) is 0 Å². The third kappa shape index (κ3) is 13.1. The second-order valence-corrected chi connectivity index (χ2v) is 14.8. The number of likely N-dealkylation sites (tertiary alicyclic amines) is 1. The van der Waals surface area contributed by atoms with Crippen LogP contribution < -0.4 is 10.6 Å². The Labute approximate surface area is 284 Å². The Morgan fingerprint density at radius 1 is 0.957 bits per heavy atom. The molecule has 1 aromatic rings. The number of amides is 3. The van der Waals surface area contributed by atoms with Crippen LogP contribution in [0.3, 0.4) is 0 Å². The summed E-state index contributed by atoms with van der Waals surface area (Å²) in [4.78, 5) is 45.1. The largest absolute Gasteiger partial charge is 0.390 e. The monoisotopic (exact) mass is 656 g/mol. The lowest BCUT2D eigenvalue weighted by molar-refractivity contribution is -0.137. The molecule has 1 aliphatic carbocycles. The van der Waals surface area contributed by atoms with Gasteiger partial charge in [-0.3, -0.25) is 14.4 Å². The molecule has 3 amide bonds. The van der Waals surface area contributed by atoms with Crippen molar-refractivity contribution < 1.29 is 24.6 Å². The van der Waals surface area contributed by atoms with Gasteiger partial charge in [-0.1, -0.05) is 89.6 Å². The second-order valence-electron chi connectivity index (χ2n) is 14.8. The average Bonchev–Trinajstić information content (AvgIpc) is 3.06. The van der Waals surface area contributed by atoms with Gasteiger partial charge in [0.2, 0.25) is 17.7 Å². The van der Waals surface area contributed by atoms with E-state index in [9.17, 15) is 24.6 Å². The number of carbonyl (C=O) groups is 3. The number of nitrogens with one attached hydrogen (secondary N) is 2. The highest BCUT2D eigenvalue weighted by atomic mass is 16.3. The fraction of sp³-hybridized carbons (Fsp3) is 0.763. The normalized spacial score (nSPS) is 21.0. The van der Waals surface area contributed by atoms with E-state index in [4.69, 9.17) is 0 Å². The van der Waals surface area contributed by atoms with Crippen LogP contribution in [0.1, 0.15) is 110 Å². The highest BCUT2D eigenvalue weighted by molar-refractivity contribution is 5.91. The predicted octanol–water partition coefficient (Wildman–Crippen LogP) is 4.69. The molecule has 1 saturated heterocycles. The molecule has 2 fully saturated rings. The van der Waals surface area contributed by atoms with E-state index in [0.717, 1.165) is 50.6 Å². The summed E-state index contributed by atoms with van der Waals surface area (Å²) in [5, 5.41) is 28.0. The molecule has 3 unspecified atom stereocenters. The standard InChI is InChI=1S/C38H64N4O5/c1-6-32(38(47)40-33(25-29-17-11-8-12-18-29)36(45)34(43)23-27(2)3)39-37(46)30(24-28-15-9-7-10-16-28)26-35(44)42(5)22-20-31-19-13-14-21-41(31)4/h7,9-10,15-16,27,29-34,36,43,45H,6,8,11-14,17-26H2,1-5H3,(H,39,46)(H,40,47)/t30-,31?,32+,33?,34+,36?/m1/s1. The molecular formula is C38H64N4O5. The summed E-state index contributed by atoms with van der Waals surface area (Å²) in [6.45, 7) is 7.57. The van der Waals surface area contributed by atoms with Crippen molar-refractivity contribution in [1.82, 2.24) is 20.4 Å². The molecule has 0 radical (unpaired) electrons. The van der Waals surface area contributed by atoms with E-state index >= 15 is 0 Å². The van der Waals surface area contributed by atoms with Crippen LogP contribution in [0.5, 0.6) is 0 Å². The quantitative estimate of drug-likeness (QED) is 0.182. The molecule has 0 spiro atoms. The second kappa shape index (κ2) is 20.1. The number of aliphatic hydroxyl groups excluding tert-OH is 2. The predicted molar refractivity (Wildman–Crippen MR) is 188 cm³/mol. The summed E-state index contributed by atoms with van der Waals surface area (Å²) in [7, 11) is 3.97. The Morgan fingerprint density at radius 3 is 2.28 bits per heavy atom. The molecule has 1 aromatic carbocycles. The first-order valence-corrected chi connectivity index (χ1v) is 18.4. The smallest absolute Gasteiger partial charge is 0.242 e. The van der Waals surface area contributed by atoms with Crippen LogP contribution in [0.2, 0.25) is 0 Å². The highest BCUT2D eigenvalue weighted by Gasteiger charge is 2.34. The fourth-order valence-electron chi connectivity index (χ4n) is 7.38. The minimum atomic E-state index is -1.09. The maximum absolute atomic E-state index is 13.8. The molecule has 266 valence electrons. The van der Waals surface area contributed by atoms with Crippen LogP contribution >= 0.6 is 0 Å². The zero-order chi connectivity index (χ0) is 34.3. The Morgan fingerprint density at radius 2 is 1.64 bits per heavy atom. The minimum Gasteiger partial charge on any atom is -0.390 e. The number of nitrogens with zero attached hydrogens (tertiary/aromatic N) is 2. The van der Waals surface area contributed by atoms with Crippen LogP contribution in [0.25, 0.3) is 0 Å². The van der Waals surface area contributed by atoms with Gasteiger partial charge in [-0.05, 0) is 75.9 Å². The molecule has 47 heavy (non-hydrogen) atoms. The van der Waals surface area contributed by atoms with E-state index in [1.165, 1.54) is 19.3 Å². The molecule has 0 bridgehead atoms. The lowest BCUT2D eigenvalue weighted by atomic mass is 9.82. The van der Waals surface area contributed by atoms with Crippen LogP contribution in [0.4, 0.5) is 0 Å². The van der Waals surface area contributed by atoms with Gasteiger partial charge in [-0.25, -0.2) is 0 Å². The molecular weight excluding hydrogens is 592 g/mol. The molecule has 3 rings (SSSR count). The van der Waals surface area contributed by atoms with Crippen LogP contribution in [-0.4, -0.2) is 95.3 Å². The number of carbonyl (C=O) groups excluding carboxylic acids is 3. The highest BCUT2D eigenvalue weighted by Crippen LogP contribution is 2.29. The minimum absolute atomic E-state index is 0.0558. The number of hydrogen-bond donors (Lipinski definition) is 4. The lowest BCUT2D eigenvalue weighted by Crippen LogP contribution is -2.56. The van der Waals surface area contributed by atoms with Crippen LogP contribution in [-0.2, 0) is 20.8 Å². The zero-order valence-electron chi connectivity index (χ0n) is 29.8. The van der Waals surface area contributed by atoms with E-state index in [2.05, 4.69) is 22.6 Å². The molecule has 0 aromatic heterocycles. The number of aliphatic hydroxyl groups is 2. The molecule has 9 nitrogen and oxygen atoms in total. The van der Waals surface area contributed by atoms with Gasteiger partial charge in [0, 0.05) is 26.1 Å². The summed E-state index contributed by atoms with van der Waals surface area (Å²) >= 11 is 0. The first-order valence-electron chi connectivity index (χ1n) is 18.4. The summed E-state index contributed by atoms with van der Waals surface area (Å²) in [6.07, 6.45) is 9.87. The molecule has 4 N–H and O–H groups in total. The van der Waals surface area contributed by atoms with Crippen molar-refractivity contribution >= 4 is 17.7 Å².